The minimum Gasteiger partial charge on any atom is -0.504 e. The first-order valence-corrected chi connectivity index (χ1v) is 3.31. The Kier molecular flexibility index (Phi) is 1.34. The monoisotopic (exact) mass is 175 g/mol. The Labute approximate surface area is 74.6 Å². The highest BCUT2D eigenvalue weighted by atomic mass is 35.5. The first-order valence-electron chi connectivity index (χ1n) is 4.43. The first kappa shape index (κ1) is 4.88. The number of aromatic hydroxyl groups is 1. The largest absolute Gasteiger partial charge is 0.504 e. The second-order valence-corrected chi connectivity index (χ2v) is 2.44. The molecule has 0 aliphatic heterocycles. The minimum atomic E-state index is -2.40. The van der Waals surface area contributed by atoms with E-state index in [1.54, 1.807) is 0 Å². The molecule has 60 valence electrons. The summed E-state index contributed by atoms with van der Waals surface area (Å²) in [5.74, 6) is -0.333. The van der Waals surface area contributed by atoms with Crippen molar-refractivity contribution in [1.82, 2.24) is 0 Å². The Morgan fingerprint density at radius 2 is 2.36 bits per heavy atom. The van der Waals surface area contributed by atoms with Crippen LogP contribution in [0.5, 0.6) is 11.5 Å². The van der Waals surface area contributed by atoms with Gasteiger partial charge >= 0.3 is 0 Å². The van der Waals surface area contributed by atoms with Crippen molar-refractivity contribution < 1.29 is 14.0 Å². The molecule has 0 spiro atoms. The molecule has 2 nitrogen and oxygen atoms in total. The van der Waals surface area contributed by atoms with E-state index < -0.39 is 12.6 Å². The van der Waals surface area contributed by atoms with Crippen LogP contribution in [-0.2, 0) is 0 Å². The van der Waals surface area contributed by atoms with Gasteiger partial charge < -0.3 is 9.84 Å². The Morgan fingerprint density at radius 1 is 1.64 bits per heavy atom. The fourth-order valence-electron chi connectivity index (χ4n) is 0.730. The van der Waals surface area contributed by atoms with Crippen molar-refractivity contribution in [3.8, 4) is 11.5 Å². The van der Waals surface area contributed by atoms with Gasteiger partial charge in [-0.15, -0.1) is 0 Å². The number of hydrogen-bond donors (Lipinski definition) is 1. The molecule has 0 amide bonds. The number of ether oxygens (including phenoxy) is 1. The first-order chi connectivity index (χ1) is 6.36. The third kappa shape index (κ3) is 1.57. The Bertz CT molecular complexity index is 349. The highest BCUT2D eigenvalue weighted by Crippen LogP contribution is 2.32. The maximum Gasteiger partial charge on any atom is 0.162 e. The Morgan fingerprint density at radius 3 is 2.91 bits per heavy atom. The van der Waals surface area contributed by atoms with Gasteiger partial charge in [0.1, 0.15) is 0 Å². The molecule has 1 rings (SSSR count). The zero-order valence-electron chi connectivity index (χ0n) is 8.89. The molecule has 0 heterocycles. The lowest BCUT2D eigenvalue weighted by Gasteiger charge is -2.05. The zero-order valence-corrected chi connectivity index (χ0v) is 6.64. The van der Waals surface area contributed by atoms with E-state index in [-0.39, 0.29) is 16.3 Å². The molecular formula is C8H9ClO2. The van der Waals surface area contributed by atoms with E-state index in [9.17, 15) is 5.11 Å². The average molecular weight is 176 g/mol. The smallest absolute Gasteiger partial charge is 0.162 e. The summed E-state index contributed by atoms with van der Waals surface area (Å²) in [6, 6.07) is 2.55. The fourth-order valence-corrected chi connectivity index (χ4v) is 0.938. The highest BCUT2D eigenvalue weighted by Gasteiger charge is 2.04. The molecule has 0 unspecified atom stereocenters. The molecule has 0 saturated carbocycles. The number of aryl methyl sites for hydroxylation is 1. The van der Waals surface area contributed by atoms with Crippen molar-refractivity contribution in [3.05, 3.63) is 22.7 Å². The lowest BCUT2D eigenvalue weighted by Crippen LogP contribution is -1.85. The van der Waals surface area contributed by atoms with E-state index in [1.807, 2.05) is 0 Å². The van der Waals surface area contributed by atoms with Crippen LogP contribution in [0.2, 0.25) is 5.02 Å². The van der Waals surface area contributed by atoms with Crippen LogP contribution < -0.4 is 4.74 Å². The summed E-state index contributed by atoms with van der Waals surface area (Å²) in [5.41, 5.74) is -0.207. The molecule has 3 heteroatoms. The van der Waals surface area contributed by atoms with Crippen LogP contribution in [0.3, 0.4) is 0 Å². The number of halogens is 1. The van der Waals surface area contributed by atoms with E-state index in [0.29, 0.717) is 0 Å². The topological polar surface area (TPSA) is 29.5 Å². The maximum absolute atomic E-state index is 9.51. The van der Waals surface area contributed by atoms with Crippen LogP contribution in [-0.4, -0.2) is 12.2 Å². The van der Waals surface area contributed by atoms with Gasteiger partial charge in [-0.2, -0.15) is 0 Å². The van der Waals surface area contributed by atoms with E-state index in [4.69, 9.17) is 20.5 Å². The second kappa shape index (κ2) is 3.01. The van der Waals surface area contributed by atoms with Gasteiger partial charge in [0.2, 0.25) is 0 Å². The predicted octanol–water partition coefficient (Wildman–Crippen LogP) is 2.36. The quantitative estimate of drug-likeness (QED) is 0.710. The summed E-state index contributed by atoms with van der Waals surface area (Å²) in [6.45, 7) is -2.40. The minimum absolute atomic E-state index is 0.0589. The van der Waals surface area contributed by atoms with Crippen molar-refractivity contribution in [2.45, 2.75) is 6.85 Å². The lowest BCUT2D eigenvalue weighted by atomic mass is 10.2. The number of methoxy groups -OCH3 is 1. The molecule has 0 aliphatic rings. The summed E-state index contributed by atoms with van der Waals surface area (Å²) >= 11 is 5.67. The summed E-state index contributed by atoms with van der Waals surface area (Å²) in [6.07, 6.45) is 0. The summed E-state index contributed by atoms with van der Waals surface area (Å²) in [5, 5.41) is 9.72. The van der Waals surface area contributed by atoms with Crippen molar-refractivity contribution in [1.29, 1.82) is 0 Å². The van der Waals surface area contributed by atoms with Crippen LogP contribution in [0.1, 0.15) is 9.68 Å². The van der Waals surface area contributed by atoms with E-state index in [0.717, 1.165) is 0 Å². The average Bonchev–Trinajstić information content (AvgIpc) is 2.06. The molecule has 0 saturated heterocycles. The third-order valence-electron chi connectivity index (χ3n) is 1.26. The summed E-state index contributed by atoms with van der Waals surface area (Å²) < 4.78 is 26.2. The van der Waals surface area contributed by atoms with Crippen molar-refractivity contribution in [2.75, 3.05) is 7.11 Å². The molecular weight excluding hydrogens is 164 g/mol. The Hall–Kier alpha value is -0.890. The van der Waals surface area contributed by atoms with Gasteiger partial charge in [0.15, 0.2) is 11.5 Å². The molecule has 0 bridgehead atoms. The normalized spacial score (nSPS) is 14.9. The van der Waals surface area contributed by atoms with Gasteiger partial charge in [-0.05, 0) is 18.5 Å². The summed E-state index contributed by atoms with van der Waals surface area (Å²) in [7, 11) is 1.33. The molecule has 0 atom stereocenters. The van der Waals surface area contributed by atoms with Crippen LogP contribution >= 0.6 is 11.6 Å². The number of phenols is 1. The Balaban J connectivity index is 3.37. The zero-order chi connectivity index (χ0) is 10.9. The standard InChI is InChI=1S/C8H9ClO2/c1-5-3-6(9)4-7(11-2)8(5)10/h3-4,10H,1-2H3/i1D3. The fraction of sp³-hybridized carbons (Fsp3) is 0.250. The molecule has 0 aromatic heterocycles. The third-order valence-corrected chi connectivity index (χ3v) is 1.48. The molecule has 0 radical (unpaired) electrons. The van der Waals surface area contributed by atoms with Gasteiger partial charge in [0.05, 0.1) is 7.11 Å². The van der Waals surface area contributed by atoms with Gasteiger partial charge in [0.25, 0.3) is 0 Å². The van der Waals surface area contributed by atoms with Crippen LogP contribution in [0.4, 0.5) is 0 Å². The van der Waals surface area contributed by atoms with Crippen molar-refractivity contribution in [2.24, 2.45) is 0 Å². The van der Waals surface area contributed by atoms with Gasteiger partial charge in [-0.1, -0.05) is 11.6 Å². The molecule has 1 N–H and O–H groups in total. The van der Waals surface area contributed by atoms with Crippen LogP contribution in [0.15, 0.2) is 12.1 Å². The van der Waals surface area contributed by atoms with Gasteiger partial charge in [-0.25, -0.2) is 0 Å². The molecule has 0 fully saturated rings. The summed E-state index contributed by atoms with van der Waals surface area (Å²) in [4.78, 5) is 0. The van der Waals surface area contributed by atoms with E-state index >= 15 is 0 Å². The van der Waals surface area contributed by atoms with E-state index in [1.165, 1.54) is 19.2 Å². The molecule has 0 aliphatic carbocycles. The number of hydrogen-bond acceptors (Lipinski definition) is 2. The predicted molar refractivity (Wildman–Crippen MR) is 44.4 cm³/mol. The van der Waals surface area contributed by atoms with E-state index in [2.05, 4.69) is 0 Å². The van der Waals surface area contributed by atoms with Crippen LogP contribution in [0.25, 0.3) is 0 Å². The molecule has 11 heavy (non-hydrogen) atoms. The van der Waals surface area contributed by atoms with Gasteiger partial charge in [-0.3, -0.25) is 0 Å². The lowest BCUT2D eigenvalue weighted by molar-refractivity contribution is 0.372. The molecule has 1 aromatic carbocycles. The van der Waals surface area contributed by atoms with Crippen LogP contribution in [0, 0.1) is 6.85 Å². The maximum atomic E-state index is 9.51. The van der Waals surface area contributed by atoms with Crippen molar-refractivity contribution in [3.63, 3.8) is 0 Å². The number of rotatable bonds is 1. The molecule has 1 aromatic rings. The highest BCUT2D eigenvalue weighted by molar-refractivity contribution is 6.30. The van der Waals surface area contributed by atoms with Crippen molar-refractivity contribution >= 4 is 11.6 Å². The number of phenolic OH excluding ortho intramolecular Hbond substituents is 1. The second-order valence-electron chi connectivity index (χ2n) is 2.00. The SMILES string of the molecule is [2H]C([2H])([2H])c1cc(Cl)cc(OC)c1O. The van der Waals surface area contributed by atoms with Gasteiger partial charge in [0, 0.05) is 15.2 Å². The number of benzene rings is 1.